The molecule has 2 aromatic carbocycles. The summed E-state index contributed by atoms with van der Waals surface area (Å²) >= 11 is 0. The molecule has 1 saturated heterocycles. The molecule has 1 saturated carbocycles. The van der Waals surface area contributed by atoms with Gasteiger partial charge in [0.1, 0.15) is 0 Å². The van der Waals surface area contributed by atoms with E-state index in [1.807, 2.05) is 29.2 Å². The van der Waals surface area contributed by atoms with Crippen LogP contribution in [-0.4, -0.2) is 48.6 Å². The summed E-state index contributed by atoms with van der Waals surface area (Å²) in [7, 11) is 2.12. The van der Waals surface area contributed by atoms with Gasteiger partial charge in [0.2, 0.25) is 0 Å². The quantitative estimate of drug-likeness (QED) is 0.935. The predicted octanol–water partition coefficient (Wildman–Crippen LogP) is 3.24. The summed E-state index contributed by atoms with van der Waals surface area (Å²) in [6.45, 7) is 2.57. The average molecular weight is 335 g/mol. The van der Waals surface area contributed by atoms with Crippen LogP contribution in [0.2, 0.25) is 0 Å². The van der Waals surface area contributed by atoms with Crippen molar-refractivity contribution >= 4 is 6.03 Å². The Hall–Kier alpha value is -2.33. The van der Waals surface area contributed by atoms with E-state index in [0.29, 0.717) is 5.92 Å². The van der Waals surface area contributed by atoms with Gasteiger partial charge in [-0.15, -0.1) is 0 Å². The minimum atomic E-state index is 0.0744. The highest BCUT2D eigenvalue weighted by Crippen LogP contribution is 2.41. The van der Waals surface area contributed by atoms with Gasteiger partial charge in [0, 0.05) is 31.6 Å². The zero-order valence-electron chi connectivity index (χ0n) is 14.6. The van der Waals surface area contributed by atoms with Gasteiger partial charge in [-0.3, -0.25) is 0 Å². The third-order valence-corrected chi connectivity index (χ3v) is 5.36. The van der Waals surface area contributed by atoms with Gasteiger partial charge < -0.3 is 15.1 Å². The Kier molecular flexibility index (Phi) is 4.45. The van der Waals surface area contributed by atoms with E-state index in [1.165, 1.54) is 11.1 Å². The van der Waals surface area contributed by atoms with E-state index in [4.69, 9.17) is 0 Å². The van der Waals surface area contributed by atoms with Crippen LogP contribution in [-0.2, 0) is 0 Å². The number of amides is 2. The van der Waals surface area contributed by atoms with Crippen molar-refractivity contribution in [1.82, 2.24) is 15.1 Å². The van der Waals surface area contributed by atoms with Crippen LogP contribution >= 0.6 is 0 Å². The smallest absolute Gasteiger partial charge is 0.318 e. The molecule has 4 nitrogen and oxygen atoms in total. The molecule has 1 aliphatic carbocycles. The van der Waals surface area contributed by atoms with Crippen LogP contribution in [0.4, 0.5) is 4.79 Å². The lowest BCUT2D eigenvalue weighted by Crippen LogP contribution is -2.52. The molecule has 2 aromatic rings. The van der Waals surface area contributed by atoms with Gasteiger partial charge in [-0.05, 0) is 24.6 Å². The maximum atomic E-state index is 12.9. The van der Waals surface area contributed by atoms with Crippen LogP contribution in [0.3, 0.4) is 0 Å². The number of likely N-dealkylation sites (N-methyl/N-ethyl adjacent to an activating group) is 1. The van der Waals surface area contributed by atoms with Gasteiger partial charge in [0.25, 0.3) is 0 Å². The molecular weight excluding hydrogens is 310 g/mol. The fourth-order valence-electron chi connectivity index (χ4n) is 3.79. The topological polar surface area (TPSA) is 35.6 Å². The molecule has 130 valence electrons. The average Bonchev–Trinajstić information content (AvgIpc) is 3.42. The molecule has 3 atom stereocenters. The summed E-state index contributed by atoms with van der Waals surface area (Å²) in [5.74, 6) is 0.466. The minimum absolute atomic E-state index is 0.0744. The summed E-state index contributed by atoms with van der Waals surface area (Å²) in [5.41, 5.74) is 2.53. The van der Waals surface area contributed by atoms with Crippen LogP contribution in [0.1, 0.15) is 29.5 Å². The van der Waals surface area contributed by atoms with Crippen LogP contribution in [0.15, 0.2) is 60.7 Å². The number of piperazine rings is 1. The van der Waals surface area contributed by atoms with Crippen molar-refractivity contribution in [3.8, 4) is 0 Å². The molecule has 0 spiro atoms. The molecule has 1 aliphatic heterocycles. The Bertz CT molecular complexity index is 718. The third-order valence-electron chi connectivity index (χ3n) is 5.36. The number of hydrogen-bond acceptors (Lipinski definition) is 2. The van der Waals surface area contributed by atoms with Crippen molar-refractivity contribution in [3.63, 3.8) is 0 Å². The van der Waals surface area contributed by atoms with Crippen molar-refractivity contribution in [3.05, 3.63) is 71.8 Å². The normalized spacial score (nSPS) is 26.3. The number of rotatable bonds is 3. The van der Waals surface area contributed by atoms with E-state index < -0.39 is 0 Å². The number of nitrogens with one attached hydrogen (secondary N) is 1. The van der Waals surface area contributed by atoms with Crippen LogP contribution in [0.5, 0.6) is 0 Å². The van der Waals surface area contributed by atoms with Crippen molar-refractivity contribution < 1.29 is 4.79 Å². The van der Waals surface area contributed by atoms with Gasteiger partial charge in [0.05, 0.1) is 6.04 Å². The molecule has 4 heteroatoms. The van der Waals surface area contributed by atoms with Crippen LogP contribution in [0, 0.1) is 0 Å². The lowest BCUT2D eigenvalue weighted by Gasteiger charge is -2.40. The number of hydrogen-bond donors (Lipinski definition) is 1. The van der Waals surface area contributed by atoms with Gasteiger partial charge in [-0.1, -0.05) is 60.7 Å². The molecule has 0 radical (unpaired) electrons. The summed E-state index contributed by atoms with van der Waals surface area (Å²) in [5, 5.41) is 3.26. The fraction of sp³-hybridized carbons (Fsp3) is 0.381. The monoisotopic (exact) mass is 335 g/mol. The highest BCUT2D eigenvalue weighted by molar-refractivity contribution is 5.76. The zero-order chi connectivity index (χ0) is 17.2. The molecule has 2 fully saturated rings. The first kappa shape index (κ1) is 16.2. The number of urea groups is 1. The molecule has 1 N–H and O–H groups in total. The van der Waals surface area contributed by atoms with Crippen LogP contribution < -0.4 is 5.32 Å². The molecule has 0 aromatic heterocycles. The third kappa shape index (κ3) is 3.54. The van der Waals surface area contributed by atoms with Gasteiger partial charge >= 0.3 is 6.03 Å². The lowest BCUT2D eigenvalue weighted by molar-refractivity contribution is 0.108. The molecule has 1 heterocycles. The fourth-order valence-corrected chi connectivity index (χ4v) is 3.79. The number of benzene rings is 2. The highest BCUT2D eigenvalue weighted by Gasteiger charge is 2.41. The predicted molar refractivity (Wildman–Crippen MR) is 99.5 cm³/mol. The molecular formula is C21H25N3O. The lowest BCUT2D eigenvalue weighted by atomic mass is 10.0. The van der Waals surface area contributed by atoms with Crippen molar-refractivity contribution in [1.29, 1.82) is 0 Å². The first-order chi connectivity index (χ1) is 12.2. The van der Waals surface area contributed by atoms with Crippen LogP contribution in [0.25, 0.3) is 0 Å². The molecule has 25 heavy (non-hydrogen) atoms. The standard InChI is InChI=1S/C21H25N3O/c1-23-12-13-24(20(15-23)17-10-6-3-7-11-17)21(25)22-19-14-18(19)16-8-4-2-5-9-16/h2-11,18-20H,12-15H2,1H3,(H,22,25). The maximum Gasteiger partial charge on any atom is 0.318 e. The Morgan fingerprint density at radius 1 is 0.960 bits per heavy atom. The SMILES string of the molecule is CN1CCN(C(=O)NC2CC2c2ccccc2)C(c2ccccc2)C1. The summed E-state index contributed by atoms with van der Waals surface area (Å²) in [6.07, 6.45) is 1.04. The molecule has 3 unspecified atom stereocenters. The highest BCUT2D eigenvalue weighted by atomic mass is 16.2. The summed E-state index contributed by atoms with van der Waals surface area (Å²) in [6, 6.07) is 21.3. The molecule has 0 bridgehead atoms. The minimum Gasteiger partial charge on any atom is -0.335 e. The number of nitrogens with zero attached hydrogens (tertiary/aromatic N) is 2. The van der Waals surface area contributed by atoms with Crippen molar-refractivity contribution in [2.45, 2.75) is 24.4 Å². The van der Waals surface area contributed by atoms with E-state index in [-0.39, 0.29) is 18.1 Å². The maximum absolute atomic E-state index is 12.9. The summed E-state index contributed by atoms with van der Waals surface area (Å²) in [4.78, 5) is 17.2. The van der Waals surface area contributed by atoms with E-state index in [9.17, 15) is 4.79 Å². The van der Waals surface area contributed by atoms with E-state index >= 15 is 0 Å². The Balaban J connectivity index is 1.43. The Morgan fingerprint density at radius 3 is 2.28 bits per heavy atom. The van der Waals surface area contributed by atoms with Crippen molar-refractivity contribution in [2.75, 3.05) is 26.7 Å². The number of carbonyl (C=O) groups excluding carboxylic acids is 1. The van der Waals surface area contributed by atoms with Gasteiger partial charge in [-0.2, -0.15) is 0 Å². The Labute approximate surface area is 149 Å². The second-order valence-corrected chi connectivity index (χ2v) is 7.19. The second-order valence-electron chi connectivity index (χ2n) is 7.19. The van der Waals surface area contributed by atoms with Gasteiger partial charge in [-0.25, -0.2) is 4.79 Å². The molecule has 2 amide bonds. The Morgan fingerprint density at radius 2 is 1.60 bits per heavy atom. The van der Waals surface area contributed by atoms with E-state index in [0.717, 1.165) is 26.1 Å². The zero-order valence-corrected chi connectivity index (χ0v) is 14.6. The number of carbonyl (C=O) groups is 1. The van der Waals surface area contributed by atoms with E-state index in [1.54, 1.807) is 0 Å². The summed E-state index contributed by atoms with van der Waals surface area (Å²) < 4.78 is 0. The largest absolute Gasteiger partial charge is 0.335 e. The molecule has 4 rings (SSSR count). The van der Waals surface area contributed by atoms with E-state index in [2.05, 4.69) is 53.7 Å². The first-order valence-corrected chi connectivity index (χ1v) is 9.08. The molecule has 2 aliphatic rings. The second kappa shape index (κ2) is 6.89. The van der Waals surface area contributed by atoms with Crippen molar-refractivity contribution in [2.24, 2.45) is 0 Å². The first-order valence-electron chi connectivity index (χ1n) is 9.08. The van der Waals surface area contributed by atoms with Gasteiger partial charge in [0.15, 0.2) is 0 Å².